The molecule has 0 radical (unpaired) electrons. The molecule has 2 aromatic carbocycles. The SMILES string of the molecule is C=CC(=O)N1CCC(n2c(=O)n(-c3ccc(Oc4cccc(F)c4)c(F)c3)c3cnccc32)C1. The number of fused-ring (bicyclic) bond motifs is 1. The van der Waals surface area contributed by atoms with Crippen molar-refractivity contribution in [2.24, 2.45) is 0 Å². The van der Waals surface area contributed by atoms with Crippen LogP contribution in [0.2, 0.25) is 0 Å². The van der Waals surface area contributed by atoms with E-state index in [2.05, 4.69) is 11.6 Å². The van der Waals surface area contributed by atoms with Crippen LogP contribution in [0.4, 0.5) is 8.78 Å². The summed E-state index contributed by atoms with van der Waals surface area (Å²) in [5.74, 6) is -1.33. The molecule has 0 spiro atoms. The number of pyridine rings is 1. The lowest BCUT2D eigenvalue weighted by molar-refractivity contribution is -0.125. The van der Waals surface area contributed by atoms with Gasteiger partial charge < -0.3 is 9.64 Å². The molecule has 0 aliphatic carbocycles. The number of ether oxygens (including phenoxy) is 1. The molecule has 1 aliphatic rings. The van der Waals surface area contributed by atoms with Gasteiger partial charge in [-0.2, -0.15) is 0 Å². The molecule has 0 bridgehead atoms. The number of hydrogen-bond donors (Lipinski definition) is 0. The molecule has 0 saturated carbocycles. The van der Waals surface area contributed by atoms with Crippen LogP contribution in [0, 0.1) is 11.6 Å². The quantitative estimate of drug-likeness (QED) is 0.417. The molecule has 2 aromatic heterocycles. The van der Waals surface area contributed by atoms with Gasteiger partial charge >= 0.3 is 5.69 Å². The first-order valence-electron chi connectivity index (χ1n) is 10.7. The molecule has 7 nitrogen and oxygen atoms in total. The summed E-state index contributed by atoms with van der Waals surface area (Å²) in [5, 5.41) is 0. The van der Waals surface area contributed by atoms with E-state index in [0.717, 1.165) is 6.07 Å². The lowest BCUT2D eigenvalue weighted by Crippen LogP contribution is -2.31. The molecular weight excluding hydrogens is 442 g/mol. The Morgan fingerprint density at radius 2 is 2.00 bits per heavy atom. The first-order chi connectivity index (χ1) is 16.5. The van der Waals surface area contributed by atoms with Gasteiger partial charge in [-0.05, 0) is 42.8 Å². The Bertz CT molecular complexity index is 1480. The summed E-state index contributed by atoms with van der Waals surface area (Å²) in [6.07, 6.45) is 4.99. The van der Waals surface area contributed by atoms with E-state index in [1.54, 1.807) is 34.0 Å². The standard InChI is InChI=1S/C25H20F2N4O3/c1-2-24(32)29-11-9-18(15-29)31-21-8-10-28-14-22(21)30(25(31)33)17-6-7-23(20(27)13-17)34-19-5-3-4-16(26)12-19/h2-8,10,12-14,18H,1,9,11,15H2. The summed E-state index contributed by atoms with van der Waals surface area (Å²) >= 11 is 0. The minimum atomic E-state index is -0.706. The maximum atomic E-state index is 14.9. The number of amides is 1. The molecule has 1 fully saturated rings. The summed E-state index contributed by atoms with van der Waals surface area (Å²) in [5.41, 5.74) is 1.08. The molecular formula is C25H20F2N4O3. The van der Waals surface area contributed by atoms with Gasteiger partial charge in [-0.15, -0.1) is 0 Å². The van der Waals surface area contributed by atoms with Crippen LogP contribution >= 0.6 is 0 Å². The highest BCUT2D eigenvalue weighted by Crippen LogP contribution is 2.29. The number of nitrogens with zero attached hydrogens (tertiary/aromatic N) is 4. The fraction of sp³-hybridized carbons (Fsp3) is 0.160. The van der Waals surface area contributed by atoms with Gasteiger partial charge in [0.1, 0.15) is 11.6 Å². The number of imidazole rings is 1. The molecule has 1 saturated heterocycles. The normalized spacial score (nSPS) is 15.6. The minimum absolute atomic E-state index is 0.0985. The van der Waals surface area contributed by atoms with Crippen molar-refractivity contribution in [3.8, 4) is 17.2 Å². The van der Waals surface area contributed by atoms with Crippen molar-refractivity contribution in [3.63, 3.8) is 0 Å². The van der Waals surface area contributed by atoms with E-state index in [0.29, 0.717) is 36.2 Å². The Labute approximate surface area is 193 Å². The number of hydrogen-bond acceptors (Lipinski definition) is 4. The summed E-state index contributed by atoms with van der Waals surface area (Å²) < 4.78 is 36.8. The first kappa shape index (κ1) is 21.6. The van der Waals surface area contributed by atoms with Gasteiger partial charge in [0.15, 0.2) is 11.6 Å². The number of aromatic nitrogens is 3. The number of rotatable bonds is 5. The number of carbonyl (C=O) groups is 1. The van der Waals surface area contributed by atoms with Gasteiger partial charge in [0.25, 0.3) is 0 Å². The number of benzene rings is 2. The van der Waals surface area contributed by atoms with Crippen molar-refractivity contribution in [1.29, 1.82) is 0 Å². The molecule has 34 heavy (non-hydrogen) atoms. The molecule has 1 atom stereocenters. The minimum Gasteiger partial charge on any atom is -0.454 e. The molecule has 172 valence electrons. The Kier molecular flexibility index (Phi) is 5.45. The van der Waals surface area contributed by atoms with Gasteiger partial charge in [-0.1, -0.05) is 12.6 Å². The van der Waals surface area contributed by atoms with Gasteiger partial charge in [0.05, 0.1) is 29.0 Å². The third-order valence-electron chi connectivity index (χ3n) is 5.89. The van der Waals surface area contributed by atoms with E-state index >= 15 is 0 Å². The second-order valence-electron chi connectivity index (χ2n) is 7.96. The second-order valence-corrected chi connectivity index (χ2v) is 7.96. The Morgan fingerprint density at radius 3 is 2.76 bits per heavy atom. The highest BCUT2D eigenvalue weighted by Gasteiger charge is 2.30. The predicted octanol–water partition coefficient (Wildman–Crippen LogP) is 4.22. The van der Waals surface area contributed by atoms with Crippen LogP contribution in [0.25, 0.3) is 16.7 Å². The van der Waals surface area contributed by atoms with E-state index < -0.39 is 11.6 Å². The van der Waals surface area contributed by atoms with Crippen molar-refractivity contribution < 1.29 is 18.3 Å². The maximum Gasteiger partial charge on any atom is 0.334 e. The van der Waals surface area contributed by atoms with E-state index in [1.807, 2.05) is 0 Å². The fourth-order valence-corrected chi connectivity index (χ4v) is 4.32. The first-order valence-corrected chi connectivity index (χ1v) is 10.7. The molecule has 1 aliphatic heterocycles. The molecule has 9 heteroatoms. The van der Waals surface area contributed by atoms with Crippen molar-refractivity contribution in [1.82, 2.24) is 19.0 Å². The zero-order chi connectivity index (χ0) is 23.8. The highest BCUT2D eigenvalue weighted by atomic mass is 19.1. The molecule has 3 heterocycles. The van der Waals surface area contributed by atoms with Gasteiger partial charge in [-0.3, -0.25) is 18.9 Å². The van der Waals surface area contributed by atoms with Crippen LogP contribution in [-0.4, -0.2) is 38.0 Å². The van der Waals surface area contributed by atoms with E-state index in [-0.39, 0.29) is 29.1 Å². The smallest absolute Gasteiger partial charge is 0.334 e. The fourth-order valence-electron chi connectivity index (χ4n) is 4.32. The van der Waals surface area contributed by atoms with Crippen LogP contribution in [0.5, 0.6) is 11.5 Å². The molecule has 5 rings (SSSR count). The molecule has 0 N–H and O–H groups in total. The lowest BCUT2D eigenvalue weighted by Gasteiger charge is -2.15. The Balaban J connectivity index is 1.54. The van der Waals surface area contributed by atoms with Crippen LogP contribution in [0.15, 0.2) is 78.4 Å². The molecule has 1 unspecified atom stereocenters. The van der Waals surface area contributed by atoms with Gasteiger partial charge in [0, 0.05) is 31.4 Å². The number of carbonyl (C=O) groups excluding carboxylic acids is 1. The summed E-state index contributed by atoms with van der Waals surface area (Å²) in [7, 11) is 0. The summed E-state index contributed by atoms with van der Waals surface area (Å²) in [6, 6.07) is 11.0. The van der Waals surface area contributed by atoms with E-state index in [4.69, 9.17) is 4.74 Å². The predicted molar refractivity (Wildman–Crippen MR) is 122 cm³/mol. The van der Waals surface area contributed by atoms with E-state index in [1.165, 1.54) is 41.0 Å². The monoisotopic (exact) mass is 462 g/mol. The van der Waals surface area contributed by atoms with E-state index in [9.17, 15) is 18.4 Å². The number of likely N-dealkylation sites (tertiary alicyclic amines) is 1. The topological polar surface area (TPSA) is 69.4 Å². The van der Waals surface area contributed by atoms with Crippen molar-refractivity contribution in [3.05, 3.63) is 95.7 Å². The molecule has 1 amide bonds. The maximum absolute atomic E-state index is 14.9. The van der Waals surface area contributed by atoms with Crippen LogP contribution < -0.4 is 10.4 Å². The zero-order valence-corrected chi connectivity index (χ0v) is 18.0. The average Bonchev–Trinajstić information content (AvgIpc) is 3.42. The second kappa shape index (κ2) is 8.58. The Hall–Kier alpha value is -4.27. The van der Waals surface area contributed by atoms with Crippen LogP contribution in [0.1, 0.15) is 12.5 Å². The summed E-state index contributed by atoms with van der Waals surface area (Å²) in [4.78, 5) is 31.3. The summed E-state index contributed by atoms with van der Waals surface area (Å²) in [6.45, 7) is 4.41. The van der Waals surface area contributed by atoms with Crippen molar-refractivity contribution >= 4 is 16.9 Å². The third-order valence-corrected chi connectivity index (χ3v) is 5.89. The number of halogens is 2. The molecule has 4 aromatic rings. The largest absolute Gasteiger partial charge is 0.454 e. The average molecular weight is 462 g/mol. The van der Waals surface area contributed by atoms with Gasteiger partial charge in [-0.25, -0.2) is 13.6 Å². The van der Waals surface area contributed by atoms with Gasteiger partial charge in [0.2, 0.25) is 5.91 Å². The highest BCUT2D eigenvalue weighted by molar-refractivity contribution is 5.87. The van der Waals surface area contributed by atoms with Crippen molar-refractivity contribution in [2.75, 3.05) is 13.1 Å². The van der Waals surface area contributed by atoms with Crippen LogP contribution in [-0.2, 0) is 4.79 Å². The Morgan fingerprint density at radius 1 is 1.15 bits per heavy atom. The lowest BCUT2D eigenvalue weighted by atomic mass is 10.2. The van der Waals surface area contributed by atoms with Crippen molar-refractivity contribution in [2.45, 2.75) is 12.5 Å². The zero-order valence-electron chi connectivity index (χ0n) is 18.0. The van der Waals surface area contributed by atoms with Crippen LogP contribution in [0.3, 0.4) is 0 Å². The third kappa shape index (κ3) is 3.75.